The van der Waals surface area contributed by atoms with Crippen LogP contribution in [0.4, 0.5) is 0 Å². The third-order valence-electron chi connectivity index (χ3n) is 4.72. The number of benzene rings is 2. The minimum atomic E-state index is -1.15. The van der Waals surface area contributed by atoms with E-state index in [9.17, 15) is 10.2 Å². The van der Waals surface area contributed by atoms with Crippen LogP contribution in [0.2, 0.25) is 0 Å². The number of aliphatic hydroxyl groups is 2. The summed E-state index contributed by atoms with van der Waals surface area (Å²) in [6.45, 7) is 0.565. The Bertz CT molecular complexity index is 645. The van der Waals surface area contributed by atoms with Gasteiger partial charge >= 0.3 is 0 Å². The highest BCUT2D eigenvalue weighted by Crippen LogP contribution is 2.39. The van der Waals surface area contributed by atoms with E-state index in [-0.39, 0.29) is 25.4 Å². The van der Waals surface area contributed by atoms with Crippen LogP contribution in [0.3, 0.4) is 0 Å². The van der Waals surface area contributed by atoms with E-state index in [1.165, 1.54) is 0 Å². The molecule has 0 radical (unpaired) electrons. The molecular formula is C20H22O5. The maximum Gasteiger partial charge on any atom is 0.199 e. The fraction of sp³-hybridized carbons (Fsp3) is 0.400. The van der Waals surface area contributed by atoms with Crippen molar-refractivity contribution in [2.75, 3.05) is 13.2 Å². The van der Waals surface area contributed by atoms with Gasteiger partial charge in [-0.2, -0.15) is 0 Å². The van der Waals surface area contributed by atoms with Gasteiger partial charge in [0.2, 0.25) is 0 Å². The maximum atomic E-state index is 10.3. The molecule has 2 aliphatic rings. The Morgan fingerprint density at radius 1 is 0.720 bits per heavy atom. The summed E-state index contributed by atoms with van der Waals surface area (Å²) in [5, 5.41) is 20.7. The van der Waals surface area contributed by atoms with Crippen LogP contribution in [0.5, 0.6) is 0 Å². The molecule has 0 aromatic heterocycles. The van der Waals surface area contributed by atoms with E-state index >= 15 is 0 Å². The van der Waals surface area contributed by atoms with Crippen LogP contribution in [0.25, 0.3) is 0 Å². The van der Waals surface area contributed by atoms with Gasteiger partial charge in [0.1, 0.15) is 12.2 Å². The van der Waals surface area contributed by atoms with Crippen molar-refractivity contribution in [1.82, 2.24) is 0 Å². The van der Waals surface area contributed by atoms with Gasteiger partial charge in [-0.15, -0.1) is 0 Å². The van der Waals surface area contributed by atoms with Gasteiger partial charge in [0.05, 0.1) is 13.2 Å². The molecule has 132 valence electrons. The number of ether oxygens (including phenoxy) is 3. The molecule has 0 aliphatic carbocycles. The van der Waals surface area contributed by atoms with Gasteiger partial charge in [-0.25, -0.2) is 0 Å². The van der Waals surface area contributed by atoms with Crippen LogP contribution in [0.1, 0.15) is 11.1 Å². The fourth-order valence-electron chi connectivity index (χ4n) is 3.12. The third kappa shape index (κ3) is 3.92. The molecule has 4 atom stereocenters. The molecule has 2 aliphatic heterocycles. The Labute approximate surface area is 146 Å². The van der Waals surface area contributed by atoms with Crippen LogP contribution in [-0.2, 0) is 27.1 Å². The minimum absolute atomic E-state index is 0.282. The zero-order valence-corrected chi connectivity index (χ0v) is 13.9. The molecule has 0 amide bonds. The zero-order chi connectivity index (χ0) is 17.3. The number of hydrogen-bond donors (Lipinski definition) is 2. The highest BCUT2D eigenvalue weighted by atomic mass is 16.8. The van der Waals surface area contributed by atoms with Crippen LogP contribution in [-0.4, -0.2) is 47.2 Å². The van der Waals surface area contributed by atoms with Crippen LogP contribution < -0.4 is 0 Å². The smallest absolute Gasteiger partial charge is 0.199 e. The molecule has 2 saturated heterocycles. The first-order valence-electron chi connectivity index (χ1n) is 8.53. The Balaban J connectivity index is 1.19. The summed E-state index contributed by atoms with van der Waals surface area (Å²) >= 11 is 0. The Kier molecular flexibility index (Phi) is 4.35. The molecular weight excluding hydrogens is 320 g/mol. The molecule has 2 aromatic carbocycles. The number of epoxide rings is 2. The van der Waals surface area contributed by atoms with Gasteiger partial charge in [-0.3, -0.25) is 0 Å². The second-order valence-corrected chi connectivity index (χ2v) is 6.76. The van der Waals surface area contributed by atoms with Gasteiger partial charge in [-0.05, 0) is 11.1 Å². The standard InChI is InChI=1S/C20H22O5/c21-19(11-15-7-3-1-4-8-15)17(24-19)13-23-14-18-20(22,25-18)12-16-9-5-2-6-10-16/h1-10,17-18,21-22H,11-14H2. The third-order valence-corrected chi connectivity index (χ3v) is 4.72. The van der Waals surface area contributed by atoms with Crippen molar-refractivity contribution in [1.29, 1.82) is 0 Å². The van der Waals surface area contributed by atoms with E-state index in [1.807, 2.05) is 60.7 Å². The van der Waals surface area contributed by atoms with Gasteiger partial charge in [0.15, 0.2) is 11.6 Å². The summed E-state index contributed by atoms with van der Waals surface area (Å²) in [6, 6.07) is 19.4. The molecule has 0 bridgehead atoms. The largest absolute Gasteiger partial charge is 0.376 e. The van der Waals surface area contributed by atoms with Crippen molar-refractivity contribution in [2.45, 2.75) is 36.6 Å². The van der Waals surface area contributed by atoms with E-state index < -0.39 is 11.6 Å². The normalized spacial score (nSPS) is 33.2. The molecule has 0 spiro atoms. The molecule has 25 heavy (non-hydrogen) atoms. The van der Waals surface area contributed by atoms with Crippen molar-refractivity contribution in [3.8, 4) is 0 Å². The van der Waals surface area contributed by atoms with Gasteiger partial charge in [0.25, 0.3) is 0 Å². The Hall–Kier alpha value is -1.76. The SMILES string of the molecule is OC1(Cc2ccccc2)OC1COCC1OC1(O)Cc1ccccc1. The lowest BCUT2D eigenvalue weighted by Gasteiger charge is -2.07. The van der Waals surface area contributed by atoms with Crippen LogP contribution >= 0.6 is 0 Å². The van der Waals surface area contributed by atoms with Crippen LogP contribution in [0, 0.1) is 0 Å². The van der Waals surface area contributed by atoms with Crippen molar-refractivity contribution >= 4 is 0 Å². The zero-order valence-electron chi connectivity index (χ0n) is 13.9. The molecule has 0 saturated carbocycles. The minimum Gasteiger partial charge on any atom is -0.376 e. The topological polar surface area (TPSA) is 74.8 Å². The Morgan fingerprint density at radius 2 is 1.12 bits per heavy atom. The van der Waals surface area contributed by atoms with E-state index in [0.29, 0.717) is 12.8 Å². The van der Waals surface area contributed by atoms with E-state index in [4.69, 9.17) is 14.2 Å². The molecule has 5 nitrogen and oxygen atoms in total. The van der Waals surface area contributed by atoms with E-state index in [2.05, 4.69) is 0 Å². The number of rotatable bonds is 8. The maximum absolute atomic E-state index is 10.3. The van der Waals surface area contributed by atoms with Gasteiger partial charge in [-0.1, -0.05) is 60.7 Å². The van der Waals surface area contributed by atoms with Gasteiger partial charge < -0.3 is 24.4 Å². The monoisotopic (exact) mass is 342 g/mol. The first-order chi connectivity index (χ1) is 12.1. The lowest BCUT2D eigenvalue weighted by Crippen LogP contribution is -2.24. The summed E-state index contributed by atoms with van der Waals surface area (Å²) in [5.41, 5.74) is 2.05. The van der Waals surface area contributed by atoms with Crippen molar-refractivity contribution < 1.29 is 24.4 Å². The predicted octanol–water partition coefficient (Wildman–Crippen LogP) is 1.66. The summed E-state index contributed by atoms with van der Waals surface area (Å²) in [5.74, 6) is -2.29. The molecule has 2 heterocycles. The summed E-state index contributed by atoms with van der Waals surface area (Å²) < 4.78 is 16.3. The summed E-state index contributed by atoms with van der Waals surface area (Å²) in [7, 11) is 0. The lowest BCUT2D eigenvalue weighted by molar-refractivity contribution is 0.0364. The second-order valence-electron chi connectivity index (χ2n) is 6.76. The molecule has 5 heteroatoms. The molecule has 2 fully saturated rings. The van der Waals surface area contributed by atoms with E-state index in [1.54, 1.807) is 0 Å². The summed E-state index contributed by atoms with van der Waals surface area (Å²) in [4.78, 5) is 0. The molecule has 4 unspecified atom stereocenters. The van der Waals surface area contributed by atoms with Crippen molar-refractivity contribution in [3.05, 3.63) is 71.8 Å². The molecule has 2 N–H and O–H groups in total. The lowest BCUT2D eigenvalue weighted by atomic mass is 10.1. The fourth-order valence-corrected chi connectivity index (χ4v) is 3.12. The average molecular weight is 342 g/mol. The quantitative estimate of drug-likeness (QED) is 0.714. The summed E-state index contributed by atoms with van der Waals surface area (Å²) in [6.07, 6.45) is 0.210. The first-order valence-corrected chi connectivity index (χ1v) is 8.53. The van der Waals surface area contributed by atoms with Crippen molar-refractivity contribution in [2.24, 2.45) is 0 Å². The van der Waals surface area contributed by atoms with Gasteiger partial charge in [0, 0.05) is 12.8 Å². The van der Waals surface area contributed by atoms with Crippen LogP contribution in [0.15, 0.2) is 60.7 Å². The average Bonchev–Trinajstić information content (AvgIpc) is 3.45. The molecule has 2 aromatic rings. The Morgan fingerprint density at radius 3 is 1.52 bits per heavy atom. The predicted molar refractivity (Wildman–Crippen MR) is 90.8 cm³/mol. The molecule has 4 rings (SSSR count). The van der Waals surface area contributed by atoms with Crippen molar-refractivity contribution in [3.63, 3.8) is 0 Å². The van der Waals surface area contributed by atoms with E-state index in [0.717, 1.165) is 11.1 Å². The second kappa shape index (κ2) is 6.52. The first kappa shape index (κ1) is 16.7. The highest BCUT2D eigenvalue weighted by molar-refractivity contribution is 5.19. The highest BCUT2D eigenvalue weighted by Gasteiger charge is 2.57. The number of hydrogen-bond acceptors (Lipinski definition) is 5.